The summed E-state index contributed by atoms with van der Waals surface area (Å²) in [4.78, 5) is 3.95. The van der Waals surface area contributed by atoms with Gasteiger partial charge < -0.3 is 9.84 Å². The molecule has 21 heavy (non-hydrogen) atoms. The van der Waals surface area contributed by atoms with Crippen LogP contribution in [0.4, 0.5) is 13.2 Å². The van der Waals surface area contributed by atoms with Gasteiger partial charge in [-0.2, -0.15) is 0 Å². The molecule has 0 aliphatic rings. The second-order valence-corrected chi connectivity index (χ2v) is 4.42. The molecule has 1 heterocycles. The van der Waals surface area contributed by atoms with Crippen molar-refractivity contribution in [3.63, 3.8) is 0 Å². The first-order valence-corrected chi connectivity index (χ1v) is 6.38. The Hall–Kier alpha value is -2.08. The molecule has 112 valence electrons. The lowest BCUT2D eigenvalue weighted by Gasteiger charge is -2.19. The van der Waals surface area contributed by atoms with Crippen LogP contribution in [0.5, 0.6) is 5.75 Å². The lowest BCUT2D eigenvalue weighted by atomic mass is 9.96. The fraction of sp³-hybridized carbons (Fsp3) is 0.267. The lowest BCUT2D eigenvalue weighted by Crippen LogP contribution is -2.19. The van der Waals surface area contributed by atoms with E-state index < -0.39 is 18.2 Å². The van der Waals surface area contributed by atoms with Gasteiger partial charge in [-0.15, -0.1) is 13.2 Å². The van der Waals surface area contributed by atoms with E-state index in [0.717, 1.165) is 5.56 Å². The molecule has 1 N–H and O–H groups in total. The summed E-state index contributed by atoms with van der Waals surface area (Å²) in [5.74, 6) is -0.406. The van der Waals surface area contributed by atoms with Gasteiger partial charge >= 0.3 is 6.36 Å². The number of alkyl halides is 3. The van der Waals surface area contributed by atoms with Gasteiger partial charge in [-0.05, 0) is 29.7 Å². The molecule has 6 heteroatoms. The van der Waals surface area contributed by atoms with Gasteiger partial charge in [0.15, 0.2) is 0 Å². The third kappa shape index (κ3) is 3.72. The maximum absolute atomic E-state index is 12.4. The topological polar surface area (TPSA) is 42.4 Å². The molecule has 2 aromatic rings. The predicted octanol–water partition coefficient (Wildman–Crippen LogP) is 3.62. The molecule has 1 atom stereocenters. The Balaban J connectivity index is 2.42. The minimum atomic E-state index is -4.80. The number of hydrogen-bond acceptors (Lipinski definition) is 3. The highest BCUT2D eigenvalue weighted by atomic mass is 19.4. The van der Waals surface area contributed by atoms with Gasteiger partial charge in [0.1, 0.15) is 11.9 Å². The highest BCUT2D eigenvalue weighted by Crippen LogP contribution is 2.34. The zero-order valence-electron chi connectivity index (χ0n) is 11.3. The van der Waals surface area contributed by atoms with Gasteiger partial charge in [0, 0.05) is 18.0 Å². The Morgan fingerprint density at radius 3 is 2.57 bits per heavy atom. The van der Waals surface area contributed by atoms with E-state index >= 15 is 0 Å². The number of aliphatic hydroxyl groups excluding tert-OH is 1. The number of aryl methyl sites for hydroxylation is 1. The van der Waals surface area contributed by atoms with Crippen molar-refractivity contribution in [3.05, 3.63) is 59.4 Å². The number of aliphatic hydroxyl groups is 1. The molecule has 0 saturated carbocycles. The van der Waals surface area contributed by atoms with Crippen molar-refractivity contribution >= 4 is 0 Å². The normalized spacial score (nSPS) is 13.0. The smallest absolute Gasteiger partial charge is 0.405 e. The summed E-state index contributed by atoms with van der Waals surface area (Å²) in [6.45, 7) is 1.88. The van der Waals surface area contributed by atoms with Crippen LogP contribution in [0.1, 0.15) is 29.7 Å². The summed E-state index contributed by atoms with van der Waals surface area (Å²) >= 11 is 0. The molecule has 0 aliphatic heterocycles. The van der Waals surface area contributed by atoms with Gasteiger partial charge in [-0.3, -0.25) is 4.98 Å². The summed E-state index contributed by atoms with van der Waals surface area (Å²) in [7, 11) is 0. The maximum Gasteiger partial charge on any atom is 0.573 e. The van der Waals surface area contributed by atoms with Crippen molar-refractivity contribution in [1.82, 2.24) is 4.98 Å². The van der Waals surface area contributed by atoms with E-state index in [4.69, 9.17) is 0 Å². The lowest BCUT2D eigenvalue weighted by molar-refractivity contribution is -0.275. The quantitative estimate of drug-likeness (QED) is 0.937. The fourth-order valence-electron chi connectivity index (χ4n) is 2.09. The van der Waals surface area contributed by atoms with Crippen molar-refractivity contribution in [2.45, 2.75) is 25.8 Å². The molecule has 0 saturated heterocycles. The van der Waals surface area contributed by atoms with Gasteiger partial charge in [0.05, 0.1) is 0 Å². The van der Waals surface area contributed by atoms with Crippen LogP contribution >= 0.6 is 0 Å². The maximum atomic E-state index is 12.4. The van der Waals surface area contributed by atoms with Crippen molar-refractivity contribution in [2.24, 2.45) is 0 Å². The van der Waals surface area contributed by atoms with E-state index in [1.54, 1.807) is 18.3 Å². The molecular formula is C15H14F3NO2. The molecule has 0 spiro atoms. The molecule has 2 rings (SSSR count). The highest BCUT2D eigenvalue weighted by molar-refractivity contribution is 5.42. The second kappa shape index (κ2) is 6.13. The van der Waals surface area contributed by atoms with Crippen LogP contribution in [-0.2, 0) is 6.42 Å². The largest absolute Gasteiger partial charge is 0.573 e. The zero-order chi connectivity index (χ0) is 15.5. The zero-order valence-corrected chi connectivity index (χ0v) is 11.3. The standard InChI is InChI=1S/C15H14F3NO2/c1-2-10-9-19-8-7-11(10)14(20)12-5-3-4-6-13(12)21-15(16,17)18/h3-9,14,20H,2H2,1H3. The monoisotopic (exact) mass is 297 g/mol. The molecule has 0 amide bonds. The Bertz CT molecular complexity index is 614. The van der Waals surface area contributed by atoms with Crippen molar-refractivity contribution in [1.29, 1.82) is 0 Å². The van der Waals surface area contributed by atoms with Crippen LogP contribution in [0, 0.1) is 0 Å². The minimum Gasteiger partial charge on any atom is -0.405 e. The van der Waals surface area contributed by atoms with Crippen molar-refractivity contribution in [3.8, 4) is 5.75 Å². The molecule has 0 radical (unpaired) electrons. The third-order valence-corrected chi connectivity index (χ3v) is 3.06. The van der Waals surface area contributed by atoms with E-state index in [1.165, 1.54) is 24.4 Å². The van der Waals surface area contributed by atoms with Gasteiger partial charge in [0.2, 0.25) is 0 Å². The number of aromatic nitrogens is 1. The van der Waals surface area contributed by atoms with Crippen molar-refractivity contribution in [2.75, 3.05) is 0 Å². The van der Waals surface area contributed by atoms with Crippen LogP contribution < -0.4 is 4.74 Å². The Kier molecular flexibility index (Phi) is 4.47. The second-order valence-electron chi connectivity index (χ2n) is 4.42. The molecule has 0 fully saturated rings. The Labute approximate surface area is 120 Å². The Morgan fingerprint density at radius 1 is 1.19 bits per heavy atom. The molecule has 0 bridgehead atoms. The summed E-state index contributed by atoms with van der Waals surface area (Å²) in [6.07, 6.45) is -2.32. The first-order chi connectivity index (χ1) is 9.92. The average Bonchev–Trinajstić information content (AvgIpc) is 2.45. The molecule has 3 nitrogen and oxygen atoms in total. The molecule has 1 aromatic heterocycles. The van der Waals surface area contributed by atoms with Gasteiger partial charge in [-0.1, -0.05) is 25.1 Å². The van der Waals surface area contributed by atoms with E-state index in [0.29, 0.717) is 12.0 Å². The van der Waals surface area contributed by atoms with Crippen LogP contribution in [0.3, 0.4) is 0 Å². The van der Waals surface area contributed by atoms with Crippen LogP contribution in [0.2, 0.25) is 0 Å². The summed E-state index contributed by atoms with van der Waals surface area (Å²) < 4.78 is 41.2. The summed E-state index contributed by atoms with van der Waals surface area (Å²) in [5.41, 5.74) is 1.35. The van der Waals surface area contributed by atoms with Crippen LogP contribution in [0.25, 0.3) is 0 Å². The average molecular weight is 297 g/mol. The Morgan fingerprint density at radius 2 is 1.90 bits per heavy atom. The number of halogens is 3. The van der Waals surface area contributed by atoms with E-state index in [-0.39, 0.29) is 5.56 Å². The minimum absolute atomic E-state index is 0.0655. The van der Waals surface area contributed by atoms with Gasteiger partial charge in [-0.25, -0.2) is 0 Å². The summed E-state index contributed by atoms with van der Waals surface area (Å²) in [5, 5.41) is 10.4. The molecule has 1 aromatic carbocycles. The predicted molar refractivity (Wildman–Crippen MR) is 70.8 cm³/mol. The van der Waals surface area contributed by atoms with Crippen LogP contribution in [0.15, 0.2) is 42.7 Å². The third-order valence-electron chi connectivity index (χ3n) is 3.06. The number of hydrogen-bond donors (Lipinski definition) is 1. The number of nitrogens with zero attached hydrogens (tertiary/aromatic N) is 1. The number of rotatable bonds is 4. The first kappa shape index (κ1) is 15.3. The molecule has 0 aliphatic carbocycles. The van der Waals surface area contributed by atoms with E-state index in [1.807, 2.05) is 6.92 Å². The van der Waals surface area contributed by atoms with Crippen LogP contribution in [-0.4, -0.2) is 16.5 Å². The number of para-hydroxylation sites is 1. The van der Waals surface area contributed by atoms with Gasteiger partial charge in [0.25, 0.3) is 0 Å². The summed E-state index contributed by atoms with van der Waals surface area (Å²) in [6, 6.07) is 7.15. The number of benzene rings is 1. The highest BCUT2D eigenvalue weighted by Gasteiger charge is 2.33. The van der Waals surface area contributed by atoms with E-state index in [2.05, 4.69) is 9.72 Å². The molecular weight excluding hydrogens is 283 g/mol. The number of pyridine rings is 1. The first-order valence-electron chi connectivity index (χ1n) is 6.38. The van der Waals surface area contributed by atoms with E-state index in [9.17, 15) is 18.3 Å². The fourth-order valence-corrected chi connectivity index (χ4v) is 2.09. The SMILES string of the molecule is CCc1cnccc1C(O)c1ccccc1OC(F)(F)F. The number of ether oxygens (including phenoxy) is 1. The van der Waals surface area contributed by atoms with Crippen molar-refractivity contribution < 1.29 is 23.0 Å². The molecule has 1 unspecified atom stereocenters.